The van der Waals surface area contributed by atoms with Gasteiger partial charge < -0.3 is 21.7 Å². The average molecular weight is 234 g/mol. The molecule has 0 rings (SSSR count). The zero-order valence-electron chi connectivity index (χ0n) is 9.69. The number of rotatable bonds is 7. The highest BCUT2D eigenvalue weighted by molar-refractivity contribution is 5.75. The van der Waals surface area contributed by atoms with Crippen molar-refractivity contribution < 1.29 is 19.8 Å². The van der Waals surface area contributed by atoms with E-state index in [2.05, 4.69) is 6.92 Å². The van der Waals surface area contributed by atoms with Gasteiger partial charge in [0.1, 0.15) is 0 Å². The lowest BCUT2D eigenvalue weighted by Crippen LogP contribution is -2.29. The second-order valence-corrected chi connectivity index (χ2v) is 3.45. The summed E-state index contributed by atoms with van der Waals surface area (Å²) in [4.78, 5) is 19.3. The summed E-state index contributed by atoms with van der Waals surface area (Å²) < 4.78 is 0. The van der Waals surface area contributed by atoms with Crippen molar-refractivity contribution >= 4 is 11.9 Å². The van der Waals surface area contributed by atoms with Crippen LogP contribution in [0.3, 0.4) is 0 Å². The molecule has 0 fully saturated rings. The maximum absolute atomic E-state index is 9.64. The third-order valence-corrected chi connectivity index (χ3v) is 1.69. The second kappa shape index (κ2) is 11.9. The minimum atomic E-state index is -1.08. The number of hydrogen-bond donors (Lipinski definition) is 4. The highest BCUT2D eigenvalue weighted by atomic mass is 16.4. The molecule has 0 aliphatic rings. The smallest absolute Gasteiger partial charge is 0.303 e. The molecule has 0 bridgehead atoms. The van der Waals surface area contributed by atoms with E-state index in [9.17, 15) is 9.59 Å². The number of unbranched alkanes of at least 4 members (excludes halogenated alkanes) is 2. The Labute approximate surface area is 95.6 Å². The van der Waals surface area contributed by atoms with E-state index in [-0.39, 0.29) is 19.0 Å². The third kappa shape index (κ3) is 23.0. The van der Waals surface area contributed by atoms with Gasteiger partial charge in [0.2, 0.25) is 0 Å². The van der Waals surface area contributed by atoms with E-state index < -0.39 is 11.9 Å². The summed E-state index contributed by atoms with van der Waals surface area (Å²) in [5, 5.41) is 15.8. The molecular weight excluding hydrogens is 212 g/mol. The van der Waals surface area contributed by atoms with Gasteiger partial charge in [0.05, 0.1) is 19.0 Å². The Morgan fingerprint density at radius 3 is 1.75 bits per heavy atom. The van der Waals surface area contributed by atoms with Gasteiger partial charge in [-0.25, -0.2) is 0 Å². The number of carbonyl (C=O) groups is 2. The summed E-state index contributed by atoms with van der Waals surface area (Å²) in [6.07, 6.45) is 3.95. The molecule has 0 saturated heterocycles. The van der Waals surface area contributed by atoms with Gasteiger partial charge in [-0.05, 0) is 6.42 Å². The van der Waals surface area contributed by atoms with Gasteiger partial charge in [-0.1, -0.05) is 26.2 Å². The molecule has 6 heteroatoms. The van der Waals surface area contributed by atoms with Gasteiger partial charge in [-0.15, -0.1) is 0 Å². The predicted octanol–water partition coefficient (Wildman–Crippen LogP) is 0.746. The fourth-order valence-electron chi connectivity index (χ4n) is 0.844. The molecule has 0 saturated carbocycles. The third-order valence-electron chi connectivity index (χ3n) is 1.69. The first-order valence-corrected chi connectivity index (χ1v) is 5.34. The normalized spacial score (nSPS) is 9.50. The molecule has 96 valence electrons. The van der Waals surface area contributed by atoms with Crippen molar-refractivity contribution in [2.24, 2.45) is 11.5 Å². The first-order chi connectivity index (χ1) is 7.40. The molecule has 0 aromatic carbocycles. The Kier molecular flexibility index (Phi) is 12.9. The monoisotopic (exact) mass is 234 g/mol. The minimum Gasteiger partial charge on any atom is -0.481 e. The Hall–Kier alpha value is -1.14. The second-order valence-electron chi connectivity index (χ2n) is 3.45. The minimum absolute atomic E-state index is 0.0958. The first-order valence-electron chi connectivity index (χ1n) is 5.34. The summed E-state index contributed by atoms with van der Waals surface area (Å²) in [6.45, 7) is 2.17. The van der Waals surface area contributed by atoms with Gasteiger partial charge in [-0.2, -0.15) is 0 Å². The quantitative estimate of drug-likeness (QED) is 0.380. The molecular formula is C10H22N2O4. The summed E-state index contributed by atoms with van der Waals surface area (Å²) >= 11 is 0. The number of carboxylic acid groups (broad SMARTS) is 2. The highest BCUT2D eigenvalue weighted by Crippen LogP contribution is 1.97. The number of carboxylic acids is 2. The molecule has 0 aliphatic carbocycles. The van der Waals surface area contributed by atoms with Crippen molar-refractivity contribution in [1.29, 1.82) is 0 Å². The topological polar surface area (TPSA) is 127 Å². The number of aliphatic carboxylic acids is 2. The van der Waals surface area contributed by atoms with Crippen molar-refractivity contribution in [3.63, 3.8) is 0 Å². The van der Waals surface area contributed by atoms with E-state index in [1.54, 1.807) is 0 Å². The van der Waals surface area contributed by atoms with E-state index >= 15 is 0 Å². The summed E-state index contributed by atoms with van der Waals surface area (Å²) in [6, 6.07) is 0. The van der Waals surface area contributed by atoms with Crippen LogP contribution in [0.4, 0.5) is 0 Å². The van der Waals surface area contributed by atoms with Crippen LogP contribution in [0, 0.1) is 0 Å². The maximum atomic E-state index is 9.64. The zero-order chi connectivity index (χ0) is 13.0. The average Bonchev–Trinajstić information content (AvgIpc) is 2.16. The predicted molar refractivity (Wildman–Crippen MR) is 60.8 cm³/mol. The number of nitrogens with two attached hydrogens (primary N) is 2. The van der Waals surface area contributed by atoms with Crippen molar-refractivity contribution in [2.45, 2.75) is 51.6 Å². The van der Waals surface area contributed by atoms with Crippen LogP contribution in [-0.2, 0) is 9.59 Å². The molecule has 0 amide bonds. The molecule has 0 aromatic heterocycles. The van der Waals surface area contributed by atoms with Gasteiger partial charge in [0, 0.05) is 0 Å². The lowest BCUT2D eigenvalue weighted by atomic mass is 10.2. The zero-order valence-corrected chi connectivity index (χ0v) is 9.69. The summed E-state index contributed by atoms with van der Waals surface area (Å²) in [5.41, 5.74) is 10.6. The van der Waals surface area contributed by atoms with E-state index in [0.29, 0.717) is 0 Å². The lowest BCUT2D eigenvalue weighted by Gasteiger charge is -2.01. The van der Waals surface area contributed by atoms with Crippen molar-refractivity contribution in [1.82, 2.24) is 0 Å². The maximum Gasteiger partial charge on any atom is 0.303 e. The van der Waals surface area contributed by atoms with E-state index in [1.165, 1.54) is 19.3 Å². The van der Waals surface area contributed by atoms with Crippen LogP contribution < -0.4 is 11.5 Å². The van der Waals surface area contributed by atoms with Gasteiger partial charge in [0.15, 0.2) is 0 Å². The Morgan fingerprint density at radius 1 is 1.06 bits per heavy atom. The fraction of sp³-hybridized carbons (Fsp3) is 0.800. The van der Waals surface area contributed by atoms with Crippen molar-refractivity contribution in [2.75, 3.05) is 0 Å². The molecule has 0 unspecified atom stereocenters. The van der Waals surface area contributed by atoms with E-state index in [1.807, 2.05) is 0 Å². The summed E-state index contributed by atoms with van der Waals surface area (Å²) in [7, 11) is 0. The van der Waals surface area contributed by atoms with Crippen molar-refractivity contribution in [3.8, 4) is 0 Å². The Bertz CT molecular complexity index is 181. The molecule has 6 nitrogen and oxygen atoms in total. The number of hydrogen-bond acceptors (Lipinski definition) is 4. The van der Waals surface area contributed by atoms with Crippen LogP contribution in [0.5, 0.6) is 0 Å². The molecule has 0 atom stereocenters. The molecule has 0 aliphatic heterocycles. The Morgan fingerprint density at radius 2 is 1.50 bits per heavy atom. The standard InChI is InChI=1S/C6H16N2.C4H6O4/c1-2-3-4-5-6(7)8;5-3(6)1-2-4(7)8/h6H,2-5,7-8H2,1H3;1-2H2,(H,5,6)(H,7,8). The highest BCUT2D eigenvalue weighted by Gasteiger charge is 2.00. The Balaban J connectivity index is 0. The van der Waals surface area contributed by atoms with Gasteiger partial charge in [-0.3, -0.25) is 9.59 Å². The molecule has 0 heterocycles. The van der Waals surface area contributed by atoms with Crippen LogP contribution >= 0.6 is 0 Å². The van der Waals surface area contributed by atoms with Gasteiger partial charge >= 0.3 is 11.9 Å². The fourth-order valence-corrected chi connectivity index (χ4v) is 0.844. The van der Waals surface area contributed by atoms with Crippen LogP contribution in [0.25, 0.3) is 0 Å². The van der Waals surface area contributed by atoms with Crippen LogP contribution in [0.15, 0.2) is 0 Å². The molecule has 16 heavy (non-hydrogen) atoms. The largest absolute Gasteiger partial charge is 0.481 e. The van der Waals surface area contributed by atoms with Gasteiger partial charge in [0.25, 0.3) is 0 Å². The first kappa shape index (κ1) is 17.3. The molecule has 6 N–H and O–H groups in total. The van der Waals surface area contributed by atoms with Crippen LogP contribution in [0.1, 0.15) is 45.4 Å². The van der Waals surface area contributed by atoms with E-state index in [4.69, 9.17) is 21.7 Å². The van der Waals surface area contributed by atoms with Crippen molar-refractivity contribution in [3.05, 3.63) is 0 Å². The van der Waals surface area contributed by atoms with E-state index in [0.717, 1.165) is 6.42 Å². The molecule has 0 spiro atoms. The lowest BCUT2D eigenvalue weighted by molar-refractivity contribution is -0.143. The molecule has 0 radical (unpaired) electrons. The SMILES string of the molecule is CCCCCC(N)N.O=C(O)CCC(=O)O. The van der Waals surface area contributed by atoms with Crippen LogP contribution in [-0.4, -0.2) is 28.3 Å². The molecule has 0 aromatic rings. The van der Waals surface area contributed by atoms with Crippen LogP contribution in [0.2, 0.25) is 0 Å². The summed E-state index contributed by atoms with van der Waals surface area (Å²) in [5.74, 6) is -2.15.